The first-order valence-corrected chi connectivity index (χ1v) is 14.6. The summed E-state index contributed by atoms with van der Waals surface area (Å²) in [7, 11) is 0. The van der Waals surface area contributed by atoms with Gasteiger partial charge in [0.15, 0.2) is 16.3 Å². The van der Waals surface area contributed by atoms with Gasteiger partial charge in [0.05, 0.1) is 39.5 Å². The van der Waals surface area contributed by atoms with E-state index in [1.165, 1.54) is 16.9 Å². The molecule has 0 N–H and O–H groups in total. The normalized spacial score (nSPS) is 14.9. The van der Waals surface area contributed by atoms with Crippen molar-refractivity contribution in [3.05, 3.63) is 88.5 Å². The summed E-state index contributed by atoms with van der Waals surface area (Å²) >= 11 is 4.80. The number of carbonyl (C=O) groups is 1. The van der Waals surface area contributed by atoms with Gasteiger partial charge in [-0.2, -0.15) is 0 Å². The lowest BCUT2D eigenvalue weighted by atomic mass is 9.93. The van der Waals surface area contributed by atoms with E-state index in [2.05, 4.69) is 40.7 Å². The van der Waals surface area contributed by atoms with Gasteiger partial charge >= 0.3 is 5.97 Å². The number of rotatable bonds is 9. The predicted molar refractivity (Wildman–Crippen MR) is 161 cm³/mol. The second-order valence-electron chi connectivity index (χ2n) is 9.38. The van der Waals surface area contributed by atoms with Crippen LogP contribution in [-0.4, -0.2) is 30.4 Å². The van der Waals surface area contributed by atoms with Crippen molar-refractivity contribution in [3.63, 3.8) is 0 Å². The van der Waals surface area contributed by atoms with Crippen LogP contribution < -0.4 is 24.4 Å². The summed E-state index contributed by atoms with van der Waals surface area (Å²) in [5.74, 6) is 3.33. The molecule has 2 heterocycles. The van der Waals surface area contributed by atoms with Gasteiger partial charge in [-0.05, 0) is 77.5 Å². The summed E-state index contributed by atoms with van der Waals surface area (Å²) < 4.78 is 19.5. The lowest BCUT2D eigenvalue weighted by molar-refractivity contribution is -0.139. The maximum Gasteiger partial charge on any atom is 0.338 e. The molecule has 208 valence electrons. The molecule has 1 aromatic heterocycles. The quantitative estimate of drug-likeness (QED) is 0.245. The average molecular weight is 624 g/mol. The maximum atomic E-state index is 13.9. The highest BCUT2D eigenvalue weighted by atomic mass is 79.9. The molecule has 0 unspecified atom stereocenters. The lowest BCUT2D eigenvalue weighted by Gasteiger charge is -2.25. The number of hydrogen-bond donors (Lipinski definition) is 0. The number of terminal acetylenes is 1. The molecule has 0 fully saturated rings. The second kappa shape index (κ2) is 12.7. The maximum absolute atomic E-state index is 13.9. The van der Waals surface area contributed by atoms with Gasteiger partial charge in [-0.3, -0.25) is 9.36 Å². The van der Waals surface area contributed by atoms with Gasteiger partial charge in [0.2, 0.25) is 0 Å². The van der Waals surface area contributed by atoms with Crippen molar-refractivity contribution in [2.24, 2.45) is 4.99 Å². The minimum Gasteiger partial charge on any atom is -0.490 e. The second-order valence-corrected chi connectivity index (χ2v) is 11.2. The Bertz CT molecular complexity index is 1680. The SMILES string of the molecule is C#CCOc1c(Br)cc(/C=c2/sc3n(c2=O)[C@H](c2ccc(C(C)C)cc2)C(C(=O)OCC)=C(C)N=3)cc1OCC. The van der Waals surface area contributed by atoms with E-state index in [0.717, 1.165) is 11.1 Å². The zero-order valence-electron chi connectivity index (χ0n) is 23.1. The van der Waals surface area contributed by atoms with Crippen molar-refractivity contribution in [2.45, 2.75) is 46.6 Å². The first-order chi connectivity index (χ1) is 19.2. The molecule has 40 heavy (non-hydrogen) atoms. The Kier molecular flexibility index (Phi) is 9.33. The topological polar surface area (TPSA) is 79.1 Å². The van der Waals surface area contributed by atoms with E-state index in [-0.39, 0.29) is 18.8 Å². The Morgan fingerprint density at radius 2 is 1.93 bits per heavy atom. The van der Waals surface area contributed by atoms with Crippen LogP contribution in [0.4, 0.5) is 0 Å². The van der Waals surface area contributed by atoms with Crippen LogP contribution in [0.3, 0.4) is 0 Å². The van der Waals surface area contributed by atoms with Gasteiger partial charge < -0.3 is 14.2 Å². The van der Waals surface area contributed by atoms with Gasteiger partial charge in [0.1, 0.15) is 6.61 Å². The molecule has 2 aromatic carbocycles. The van der Waals surface area contributed by atoms with Crippen molar-refractivity contribution in [1.29, 1.82) is 0 Å². The molecule has 7 nitrogen and oxygen atoms in total. The number of aromatic nitrogens is 1. The number of allylic oxidation sites excluding steroid dienone is 1. The molecular formula is C31H31BrN2O5S. The average Bonchev–Trinajstić information content (AvgIpc) is 3.21. The standard InChI is InChI=1S/C31H31BrN2O5S/c1-7-14-39-28-23(32)15-20(16-24(28)37-8-2)17-25-29(35)34-27(22-12-10-21(11-13-22)18(4)5)26(30(36)38-9-3)19(6)33-31(34)40-25/h1,10-13,15-18,27H,8-9,14H2,2-6H3/b25-17+/t27-/m1/s1. The fourth-order valence-corrected chi connectivity index (χ4v) is 6.13. The molecule has 9 heteroatoms. The van der Waals surface area contributed by atoms with Crippen LogP contribution in [0.1, 0.15) is 63.3 Å². The summed E-state index contributed by atoms with van der Waals surface area (Å²) in [6, 6.07) is 11.0. The molecule has 0 radical (unpaired) electrons. The number of ether oxygens (including phenoxy) is 3. The first kappa shape index (κ1) is 29.4. The van der Waals surface area contributed by atoms with Gasteiger partial charge in [0.25, 0.3) is 5.56 Å². The largest absolute Gasteiger partial charge is 0.490 e. The van der Waals surface area contributed by atoms with Crippen LogP contribution in [0, 0.1) is 12.3 Å². The van der Waals surface area contributed by atoms with Crippen LogP contribution in [0.2, 0.25) is 0 Å². The molecule has 0 bridgehead atoms. The third-order valence-electron chi connectivity index (χ3n) is 6.37. The number of hydrogen-bond acceptors (Lipinski definition) is 7. The number of thiazole rings is 1. The van der Waals surface area contributed by atoms with E-state index in [1.807, 2.05) is 37.3 Å². The zero-order valence-corrected chi connectivity index (χ0v) is 25.5. The molecule has 0 saturated heterocycles. The molecule has 4 rings (SSSR count). The van der Waals surface area contributed by atoms with Crippen LogP contribution in [0.15, 0.2) is 61.9 Å². The van der Waals surface area contributed by atoms with E-state index in [9.17, 15) is 9.59 Å². The van der Waals surface area contributed by atoms with Gasteiger partial charge in [-0.25, -0.2) is 9.79 Å². The molecule has 0 saturated carbocycles. The summed E-state index contributed by atoms with van der Waals surface area (Å²) in [6.45, 7) is 10.4. The molecule has 3 aromatic rings. The van der Waals surface area contributed by atoms with Crippen LogP contribution in [0.5, 0.6) is 11.5 Å². The van der Waals surface area contributed by atoms with Crippen molar-refractivity contribution >= 4 is 39.3 Å². The summed E-state index contributed by atoms with van der Waals surface area (Å²) in [6.07, 6.45) is 7.14. The molecule has 0 spiro atoms. The third kappa shape index (κ3) is 5.93. The van der Waals surface area contributed by atoms with E-state index in [4.69, 9.17) is 20.6 Å². The van der Waals surface area contributed by atoms with Crippen molar-refractivity contribution in [2.75, 3.05) is 19.8 Å². The number of esters is 1. The fourth-order valence-electron chi connectivity index (χ4n) is 4.51. The minimum atomic E-state index is -0.663. The van der Waals surface area contributed by atoms with Gasteiger partial charge in [-0.15, -0.1) is 6.42 Å². The molecule has 0 aliphatic carbocycles. The van der Waals surface area contributed by atoms with E-state index in [1.54, 1.807) is 30.6 Å². The Morgan fingerprint density at radius 1 is 1.20 bits per heavy atom. The monoisotopic (exact) mass is 622 g/mol. The molecular weight excluding hydrogens is 592 g/mol. The van der Waals surface area contributed by atoms with Crippen molar-refractivity contribution in [3.8, 4) is 23.8 Å². The van der Waals surface area contributed by atoms with Crippen molar-refractivity contribution in [1.82, 2.24) is 4.57 Å². The predicted octanol–water partition coefficient (Wildman–Crippen LogP) is 5.09. The summed E-state index contributed by atoms with van der Waals surface area (Å²) in [5.41, 5.74) is 3.34. The molecule has 0 amide bonds. The van der Waals surface area contributed by atoms with E-state index >= 15 is 0 Å². The Hall–Kier alpha value is -3.61. The smallest absolute Gasteiger partial charge is 0.338 e. The Labute approximate surface area is 245 Å². The van der Waals surface area contributed by atoms with Gasteiger partial charge in [0, 0.05) is 0 Å². The highest BCUT2D eigenvalue weighted by Gasteiger charge is 2.33. The summed E-state index contributed by atoms with van der Waals surface area (Å²) in [4.78, 5) is 32.2. The number of fused-ring (bicyclic) bond motifs is 1. The van der Waals surface area contributed by atoms with Gasteiger partial charge in [-0.1, -0.05) is 55.4 Å². The van der Waals surface area contributed by atoms with Crippen LogP contribution >= 0.6 is 27.3 Å². The van der Waals surface area contributed by atoms with Crippen molar-refractivity contribution < 1.29 is 19.0 Å². The fraction of sp³-hybridized carbons (Fsp3) is 0.323. The van der Waals surface area contributed by atoms with E-state index < -0.39 is 12.0 Å². The highest BCUT2D eigenvalue weighted by Crippen LogP contribution is 2.37. The zero-order chi connectivity index (χ0) is 29.0. The molecule has 1 aliphatic rings. The summed E-state index contributed by atoms with van der Waals surface area (Å²) in [5, 5.41) is 0. The Morgan fingerprint density at radius 3 is 2.55 bits per heavy atom. The molecule has 1 aliphatic heterocycles. The minimum absolute atomic E-state index is 0.0942. The molecule has 1 atom stereocenters. The lowest BCUT2D eigenvalue weighted by Crippen LogP contribution is -2.39. The number of carbonyl (C=O) groups excluding carboxylic acids is 1. The highest BCUT2D eigenvalue weighted by molar-refractivity contribution is 9.10. The van der Waals surface area contributed by atoms with Crippen LogP contribution in [0.25, 0.3) is 6.08 Å². The third-order valence-corrected chi connectivity index (χ3v) is 7.94. The van der Waals surface area contributed by atoms with Crippen LogP contribution in [-0.2, 0) is 9.53 Å². The Balaban J connectivity index is 1.90. The number of nitrogens with zero attached hydrogens (tertiary/aromatic N) is 2. The number of benzene rings is 2. The first-order valence-electron chi connectivity index (χ1n) is 13.0. The number of halogens is 1. The van der Waals surface area contributed by atoms with E-state index in [0.29, 0.717) is 49.1 Å².